The standard InChI is InChI=1S/C12H12F2N2O2S/c13-10-1-2-11(14)12(7-10)19(17,18)16-5-3-9(8-15)4-6-16/h1-2,7,9H,3-6H2. The van der Waals surface area contributed by atoms with Gasteiger partial charge in [0.1, 0.15) is 16.5 Å². The fourth-order valence-electron chi connectivity index (χ4n) is 2.04. The molecule has 1 saturated heterocycles. The van der Waals surface area contributed by atoms with E-state index >= 15 is 0 Å². The van der Waals surface area contributed by atoms with E-state index in [-0.39, 0.29) is 19.0 Å². The van der Waals surface area contributed by atoms with Crippen molar-refractivity contribution in [3.63, 3.8) is 0 Å². The highest BCUT2D eigenvalue weighted by Gasteiger charge is 2.31. The monoisotopic (exact) mass is 286 g/mol. The van der Waals surface area contributed by atoms with Crippen molar-refractivity contribution >= 4 is 10.0 Å². The third-order valence-electron chi connectivity index (χ3n) is 3.15. The Morgan fingerprint density at radius 3 is 2.47 bits per heavy atom. The Morgan fingerprint density at radius 1 is 1.26 bits per heavy atom. The van der Waals surface area contributed by atoms with Crippen LogP contribution >= 0.6 is 0 Å². The van der Waals surface area contributed by atoms with Crippen LogP contribution < -0.4 is 0 Å². The van der Waals surface area contributed by atoms with Crippen molar-refractivity contribution in [3.05, 3.63) is 29.8 Å². The van der Waals surface area contributed by atoms with Gasteiger partial charge in [0.25, 0.3) is 0 Å². The molecule has 1 aliphatic heterocycles. The maximum atomic E-state index is 13.5. The highest BCUT2D eigenvalue weighted by molar-refractivity contribution is 7.89. The second-order valence-electron chi connectivity index (χ2n) is 4.38. The average Bonchev–Trinajstić information content (AvgIpc) is 2.41. The van der Waals surface area contributed by atoms with Crippen molar-refractivity contribution < 1.29 is 17.2 Å². The molecule has 0 saturated carbocycles. The third kappa shape index (κ3) is 2.74. The molecule has 0 atom stereocenters. The van der Waals surface area contributed by atoms with Gasteiger partial charge in [0.2, 0.25) is 10.0 Å². The molecule has 0 aromatic heterocycles. The predicted molar refractivity (Wildman–Crippen MR) is 63.5 cm³/mol. The van der Waals surface area contributed by atoms with Gasteiger partial charge < -0.3 is 0 Å². The van der Waals surface area contributed by atoms with Gasteiger partial charge in [0.05, 0.1) is 6.07 Å². The molecule has 1 aliphatic rings. The van der Waals surface area contributed by atoms with E-state index in [1.807, 2.05) is 0 Å². The van der Waals surface area contributed by atoms with Crippen LogP contribution in [0.2, 0.25) is 0 Å². The first-order valence-electron chi connectivity index (χ1n) is 5.80. The summed E-state index contributed by atoms with van der Waals surface area (Å²) >= 11 is 0. The molecule has 2 rings (SSSR count). The number of rotatable bonds is 2. The second-order valence-corrected chi connectivity index (χ2v) is 6.29. The summed E-state index contributed by atoms with van der Waals surface area (Å²) in [5.41, 5.74) is 0. The largest absolute Gasteiger partial charge is 0.246 e. The van der Waals surface area contributed by atoms with E-state index in [2.05, 4.69) is 6.07 Å². The van der Waals surface area contributed by atoms with Gasteiger partial charge in [-0.2, -0.15) is 9.57 Å². The summed E-state index contributed by atoms with van der Waals surface area (Å²) in [5, 5.41) is 8.75. The van der Waals surface area contributed by atoms with Gasteiger partial charge in [0, 0.05) is 19.0 Å². The molecule has 0 amide bonds. The molecule has 7 heteroatoms. The minimum atomic E-state index is -4.04. The molecule has 1 fully saturated rings. The molecule has 0 radical (unpaired) electrons. The minimum Gasteiger partial charge on any atom is -0.207 e. The molecule has 0 bridgehead atoms. The van der Waals surface area contributed by atoms with Gasteiger partial charge in [-0.1, -0.05) is 0 Å². The second kappa shape index (κ2) is 5.23. The van der Waals surface area contributed by atoms with Crippen LogP contribution in [0.5, 0.6) is 0 Å². The molecule has 0 unspecified atom stereocenters. The fraction of sp³-hybridized carbons (Fsp3) is 0.417. The average molecular weight is 286 g/mol. The van der Waals surface area contributed by atoms with Crippen LogP contribution in [-0.4, -0.2) is 25.8 Å². The fourth-order valence-corrected chi connectivity index (χ4v) is 3.58. The Bertz CT molecular complexity index is 617. The van der Waals surface area contributed by atoms with E-state index in [1.165, 1.54) is 0 Å². The Morgan fingerprint density at radius 2 is 1.89 bits per heavy atom. The minimum absolute atomic E-state index is 0.149. The highest BCUT2D eigenvalue weighted by Crippen LogP contribution is 2.25. The number of hydrogen-bond donors (Lipinski definition) is 0. The van der Waals surface area contributed by atoms with Crippen LogP contribution in [0, 0.1) is 28.9 Å². The topological polar surface area (TPSA) is 61.2 Å². The Balaban J connectivity index is 2.29. The van der Waals surface area contributed by atoms with Crippen molar-refractivity contribution in [2.24, 2.45) is 5.92 Å². The van der Waals surface area contributed by atoms with Gasteiger partial charge in [-0.25, -0.2) is 17.2 Å². The number of nitriles is 1. The molecular formula is C12H12F2N2O2S. The van der Waals surface area contributed by atoms with Crippen LogP contribution in [0.1, 0.15) is 12.8 Å². The summed E-state index contributed by atoms with van der Waals surface area (Å²) in [6, 6.07) is 4.43. The number of sulfonamides is 1. The maximum absolute atomic E-state index is 13.5. The number of hydrogen-bond acceptors (Lipinski definition) is 3. The molecule has 1 heterocycles. The number of benzene rings is 1. The van der Waals surface area contributed by atoms with Crippen molar-refractivity contribution in [1.82, 2.24) is 4.31 Å². The first kappa shape index (κ1) is 13.9. The Labute approximate surface area is 110 Å². The lowest BCUT2D eigenvalue weighted by molar-refractivity contribution is 0.308. The molecule has 4 nitrogen and oxygen atoms in total. The summed E-state index contributed by atoms with van der Waals surface area (Å²) in [4.78, 5) is -0.650. The number of piperidine rings is 1. The SMILES string of the molecule is N#CC1CCN(S(=O)(=O)c2cc(F)ccc2F)CC1. The van der Waals surface area contributed by atoms with Crippen LogP contribution in [0.15, 0.2) is 23.1 Å². The van der Waals surface area contributed by atoms with Gasteiger partial charge in [-0.15, -0.1) is 0 Å². The van der Waals surface area contributed by atoms with Gasteiger partial charge in [-0.3, -0.25) is 0 Å². The summed E-state index contributed by atoms with van der Waals surface area (Å²) in [5.74, 6) is -1.94. The molecular weight excluding hydrogens is 274 g/mol. The van der Waals surface area contributed by atoms with Gasteiger partial charge in [0.15, 0.2) is 0 Å². The number of nitrogens with zero attached hydrogens (tertiary/aromatic N) is 2. The zero-order chi connectivity index (χ0) is 14.0. The van der Waals surface area contributed by atoms with E-state index in [0.29, 0.717) is 18.9 Å². The third-order valence-corrected chi connectivity index (χ3v) is 5.06. The lowest BCUT2D eigenvalue weighted by Gasteiger charge is -2.28. The lowest BCUT2D eigenvalue weighted by atomic mass is 10.0. The highest BCUT2D eigenvalue weighted by atomic mass is 32.2. The molecule has 1 aromatic carbocycles. The normalized spacial score (nSPS) is 18.2. The van der Waals surface area contributed by atoms with Crippen LogP contribution in [0.4, 0.5) is 8.78 Å². The number of halogens is 2. The molecule has 0 N–H and O–H groups in total. The summed E-state index contributed by atoms with van der Waals surface area (Å²) in [6.45, 7) is 0.299. The summed E-state index contributed by atoms with van der Waals surface area (Å²) in [7, 11) is -4.04. The zero-order valence-corrected chi connectivity index (χ0v) is 10.8. The smallest absolute Gasteiger partial charge is 0.207 e. The summed E-state index contributed by atoms with van der Waals surface area (Å²) in [6.07, 6.45) is 0.819. The molecule has 1 aromatic rings. The lowest BCUT2D eigenvalue weighted by Crippen LogP contribution is -2.38. The van der Waals surface area contributed by atoms with E-state index in [9.17, 15) is 17.2 Å². The zero-order valence-electron chi connectivity index (χ0n) is 10.0. The van der Waals surface area contributed by atoms with Gasteiger partial charge in [-0.05, 0) is 31.0 Å². The van der Waals surface area contributed by atoms with Crippen LogP contribution in [0.3, 0.4) is 0 Å². The molecule has 0 spiro atoms. The quantitative estimate of drug-likeness (QED) is 0.834. The van der Waals surface area contributed by atoms with E-state index in [4.69, 9.17) is 5.26 Å². The van der Waals surface area contributed by atoms with Gasteiger partial charge >= 0.3 is 0 Å². The van der Waals surface area contributed by atoms with Crippen molar-refractivity contribution in [3.8, 4) is 6.07 Å². The maximum Gasteiger partial charge on any atom is 0.246 e. The molecule has 19 heavy (non-hydrogen) atoms. The Hall–Kier alpha value is -1.52. The predicted octanol–water partition coefficient (Wildman–Crippen LogP) is 1.89. The molecule has 102 valence electrons. The van der Waals surface area contributed by atoms with Crippen molar-refractivity contribution in [2.75, 3.05) is 13.1 Å². The van der Waals surface area contributed by atoms with E-state index in [0.717, 1.165) is 16.4 Å². The first-order valence-corrected chi connectivity index (χ1v) is 7.24. The van der Waals surface area contributed by atoms with E-state index < -0.39 is 26.6 Å². The van der Waals surface area contributed by atoms with Crippen LogP contribution in [0.25, 0.3) is 0 Å². The van der Waals surface area contributed by atoms with Crippen molar-refractivity contribution in [2.45, 2.75) is 17.7 Å². The van der Waals surface area contributed by atoms with Crippen molar-refractivity contribution in [1.29, 1.82) is 5.26 Å². The Kier molecular flexibility index (Phi) is 3.83. The van der Waals surface area contributed by atoms with Crippen LogP contribution in [-0.2, 0) is 10.0 Å². The van der Waals surface area contributed by atoms with E-state index in [1.54, 1.807) is 0 Å². The summed E-state index contributed by atoms with van der Waals surface area (Å²) < 4.78 is 52.1. The first-order chi connectivity index (χ1) is 8.95. The molecule has 0 aliphatic carbocycles.